The SMILES string of the molecule is CCCCN1c2ccccc2OC(=O)C1(C(=O)OCC)C(C)(C)C(=O)OCC. The molecule has 1 atom stereocenters. The van der Waals surface area contributed by atoms with Gasteiger partial charge >= 0.3 is 17.9 Å². The van der Waals surface area contributed by atoms with Crippen molar-refractivity contribution in [2.75, 3.05) is 24.7 Å². The summed E-state index contributed by atoms with van der Waals surface area (Å²) in [6.07, 6.45) is 1.55. The Hall–Kier alpha value is -2.57. The van der Waals surface area contributed by atoms with Gasteiger partial charge in [-0.05, 0) is 46.2 Å². The monoisotopic (exact) mass is 391 g/mol. The third-order valence-corrected chi connectivity index (χ3v) is 5.06. The predicted octanol–water partition coefficient (Wildman–Crippen LogP) is 3.10. The van der Waals surface area contributed by atoms with Gasteiger partial charge in [-0.25, -0.2) is 9.59 Å². The maximum atomic E-state index is 13.4. The zero-order valence-electron chi connectivity index (χ0n) is 17.2. The molecule has 1 heterocycles. The first-order valence-electron chi connectivity index (χ1n) is 9.72. The zero-order valence-corrected chi connectivity index (χ0v) is 17.2. The van der Waals surface area contributed by atoms with E-state index in [0.717, 1.165) is 6.42 Å². The van der Waals surface area contributed by atoms with Crippen molar-refractivity contribution in [3.8, 4) is 5.75 Å². The number of carbonyl (C=O) groups excluding carboxylic acids is 3. The molecule has 0 aromatic heterocycles. The molecular formula is C21H29NO6. The van der Waals surface area contributed by atoms with Gasteiger partial charge in [0.05, 0.1) is 18.9 Å². The molecule has 154 valence electrons. The molecule has 2 rings (SSSR count). The van der Waals surface area contributed by atoms with Gasteiger partial charge in [0.25, 0.3) is 5.54 Å². The number of esters is 3. The molecule has 0 saturated carbocycles. The Morgan fingerprint density at radius 2 is 1.75 bits per heavy atom. The third-order valence-electron chi connectivity index (χ3n) is 5.06. The first kappa shape index (κ1) is 21.7. The molecule has 7 heteroatoms. The number of anilines is 1. The predicted molar refractivity (Wildman–Crippen MR) is 104 cm³/mol. The minimum Gasteiger partial charge on any atom is -0.465 e. The van der Waals surface area contributed by atoms with Crippen LogP contribution in [-0.2, 0) is 23.9 Å². The van der Waals surface area contributed by atoms with E-state index in [1.54, 1.807) is 43.0 Å². The van der Waals surface area contributed by atoms with Crippen LogP contribution in [-0.4, -0.2) is 43.2 Å². The largest absolute Gasteiger partial charge is 0.465 e. The van der Waals surface area contributed by atoms with Crippen molar-refractivity contribution in [3.05, 3.63) is 24.3 Å². The van der Waals surface area contributed by atoms with E-state index in [4.69, 9.17) is 14.2 Å². The van der Waals surface area contributed by atoms with E-state index in [1.165, 1.54) is 13.8 Å². The molecule has 0 amide bonds. The van der Waals surface area contributed by atoms with Crippen molar-refractivity contribution >= 4 is 23.6 Å². The Bertz CT molecular complexity index is 744. The number of rotatable bonds is 8. The summed E-state index contributed by atoms with van der Waals surface area (Å²) in [6, 6.07) is 6.98. The zero-order chi connectivity index (χ0) is 20.9. The van der Waals surface area contributed by atoms with Crippen LogP contribution in [0.1, 0.15) is 47.5 Å². The number of fused-ring (bicyclic) bond motifs is 1. The van der Waals surface area contributed by atoms with E-state index < -0.39 is 28.9 Å². The Morgan fingerprint density at radius 1 is 1.11 bits per heavy atom. The summed E-state index contributed by atoms with van der Waals surface area (Å²) in [5, 5.41) is 0. The van der Waals surface area contributed by atoms with Crippen LogP contribution in [0.2, 0.25) is 0 Å². The second kappa shape index (κ2) is 8.63. The molecular weight excluding hydrogens is 362 g/mol. The molecule has 1 aromatic rings. The summed E-state index contributed by atoms with van der Waals surface area (Å²) in [7, 11) is 0. The summed E-state index contributed by atoms with van der Waals surface area (Å²) >= 11 is 0. The summed E-state index contributed by atoms with van der Waals surface area (Å²) in [5.74, 6) is -1.97. The lowest BCUT2D eigenvalue weighted by Crippen LogP contribution is -2.73. The van der Waals surface area contributed by atoms with Crippen molar-refractivity contribution < 1.29 is 28.6 Å². The van der Waals surface area contributed by atoms with E-state index in [2.05, 4.69) is 0 Å². The first-order chi connectivity index (χ1) is 13.3. The number of carbonyl (C=O) groups is 3. The van der Waals surface area contributed by atoms with Gasteiger partial charge < -0.3 is 19.1 Å². The van der Waals surface area contributed by atoms with Gasteiger partial charge in [0.2, 0.25) is 0 Å². The number of para-hydroxylation sites is 2. The fraction of sp³-hybridized carbons (Fsp3) is 0.571. The molecule has 0 radical (unpaired) electrons. The van der Waals surface area contributed by atoms with E-state index in [0.29, 0.717) is 24.4 Å². The number of benzene rings is 1. The first-order valence-corrected chi connectivity index (χ1v) is 9.72. The highest BCUT2D eigenvalue weighted by molar-refractivity contribution is 6.15. The van der Waals surface area contributed by atoms with Crippen LogP contribution in [0.15, 0.2) is 24.3 Å². The average Bonchev–Trinajstić information content (AvgIpc) is 2.65. The van der Waals surface area contributed by atoms with Crippen LogP contribution in [0.25, 0.3) is 0 Å². The number of ether oxygens (including phenoxy) is 3. The lowest BCUT2D eigenvalue weighted by molar-refractivity contribution is -0.178. The van der Waals surface area contributed by atoms with Crippen molar-refractivity contribution in [2.45, 2.75) is 53.0 Å². The second-order valence-corrected chi connectivity index (χ2v) is 7.14. The third kappa shape index (κ3) is 3.34. The highest BCUT2D eigenvalue weighted by Crippen LogP contribution is 2.48. The van der Waals surface area contributed by atoms with Gasteiger partial charge in [0.15, 0.2) is 5.75 Å². The maximum absolute atomic E-state index is 13.4. The van der Waals surface area contributed by atoms with E-state index >= 15 is 0 Å². The van der Waals surface area contributed by atoms with Crippen LogP contribution in [0.4, 0.5) is 5.69 Å². The highest BCUT2D eigenvalue weighted by atomic mass is 16.6. The van der Waals surface area contributed by atoms with Crippen LogP contribution in [0, 0.1) is 5.41 Å². The number of hydrogen-bond acceptors (Lipinski definition) is 7. The van der Waals surface area contributed by atoms with Gasteiger partial charge in [0.1, 0.15) is 5.41 Å². The molecule has 1 aliphatic rings. The minimum atomic E-state index is -1.99. The minimum absolute atomic E-state index is 0.0655. The maximum Gasteiger partial charge on any atom is 0.350 e. The molecule has 0 saturated heterocycles. The fourth-order valence-electron chi connectivity index (χ4n) is 3.57. The average molecular weight is 391 g/mol. The topological polar surface area (TPSA) is 82.1 Å². The molecule has 1 aromatic carbocycles. The van der Waals surface area contributed by atoms with E-state index in [1.807, 2.05) is 6.92 Å². The Labute approximate surface area is 165 Å². The van der Waals surface area contributed by atoms with E-state index in [9.17, 15) is 14.4 Å². The Balaban J connectivity index is 2.77. The van der Waals surface area contributed by atoms with Gasteiger partial charge in [-0.15, -0.1) is 0 Å². The number of nitrogens with zero attached hydrogens (tertiary/aromatic N) is 1. The standard InChI is InChI=1S/C21H29NO6/c1-6-9-14-22-15-12-10-11-13-16(15)28-19(25)21(22,18(24)27-8-3)20(4,5)17(23)26-7-2/h10-13H,6-9,14H2,1-5H3. The smallest absolute Gasteiger partial charge is 0.350 e. The van der Waals surface area contributed by atoms with Crippen LogP contribution >= 0.6 is 0 Å². The number of hydrogen-bond donors (Lipinski definition) is 0. The molecule has 0 spiro atoms. The van der Waals surface area contributed by atoms with Crippen molar-refractivity contribution in [1.82, 2.24) is 0 Å². The van der Waals surface area contributed by atoms with Crippen LogP contribution in [0.3, 0.4) is 0 Å². The highest BCUT2D eigenvalue weighted by Gasteiger charge is 2.69. The van der Waals surface area contributed by atoms with Crippen molar-refractivity contribution in [1.29, 1.82) is 0 Å². The summed E-state index contributed by atoms with van der Waals surface area (Å²) < 4.78 is 16.1. The Morgan fingerprint density at radius 3 is 2.36 bits per heavy atom. The Kier molecular flexibility index (Phi) is 6.69. The molecule has 0 fully saturated rings. The second-order valence-electron chi connectivity index (χ2n) is 7.14. The van der Waals surface area contributed by atoms with Gasteiger partial charge in [-0.2, -0.15) is 0 Å². The summed E-state index contributed by atoms with van der Waals surface area (Å²) in [4.78, 5) is 41.2. The van der Waals surface area contributed by atoms with Gasteiger partial charge in [-0.1, -0.05) is 25.5 Å². The van der Waals surface area contributed by atoms with Gasteiger partial charge in [-0.3, -0.25) is 4.79 Å². The van der Waals surface area contributed by atoms with Crippen molar-refractivity contribution in [3.63, 3.8) is 0 Å². The molecule has 28 heavy (non-hydrogen) atoms. The van der Waals surface area contributed by atoms with Crippen molar-refractivity contribution in [2.24, 2.45) is 5.41 Å². The molecule has 7 nitrogen and oxygen atoms in total. The molecule has 0 aliphatic carbocycles. The lowest BCUT2D eigenvalue weighted by atomic mass is 9.69. The van der Waals surface area contributed by atoms with Gasteiger partial charge in [0, 0.05) is 6.54 Å². The summed E-state index contributed by atoms with van der Waals surface area (Å²) in [5.41, 5.74) is -2.96. The molecule has 1 aliphatic heterocycles. The van der Waals surface area contributed by atoms with Crippen LogP contribution in [0.5, 0.6) is 5.75 Å². The molecule has 0 bridgehead atoms. The fourth-order valence-corrected chi connectivity index (χ4v) is 3.57. The molecule has 1 unspecified atom stereocenters. The number of unbranched alkanes of at least 4 members (excludes halogenated alkanes) is 1. The lowest BCUT2D eigenvalue weighted by Gasteiger charge is -2.50. The normalized spacial score (nSPS) is 18.9. The molecule has 0 N–H and O–H groups in total. The van der Waals surface area contributed by atoms with Crippen LogP contribution < -0.4 is 9.64 Å². The quantitative estimate of drug-likeness (QED) is 0.382. The summed E-state index contributed by atoms with van der Waals surface area (Å²) in [6.45, 7) is 8.96. The van der Waals surface area contributed by atoms with E-state index in [-0.39, 0.29) is 13.2 Å².